The van der Waals surface area contributed by atoms with Crippen LogP contribution < -0.4 is 5.32 Å². The maximum absolute atomic E-state index is 13.8. The largest absolute Gasteiger partial charge is 0.396 e. The minimum Gasteiger partial charge on any atom is -0.396 e. The Labute approximate surface area is 134 Å². The fraction of sp³-hybridized carbons (Fsp3) is 0.471. The molecule has 22 heavy (non-hydrogen) atoms. The van der Waals surface area contributed by atoms with Crippen LogP contribution in [0.5, 0.6) is 0 Å². The third-order valence-electron chi connectivity index (χ3n) is 4.45. The Morgan fingerprint density at radius 1 is 1.27 bits per heavy atom. The van der Waals surface area contributed by atoms with Crippen molar-refractivity contribution >= 4 is 11.3 Å². The second-order valence-electron chi connectivity index (χ2n) is 5.94. The van der Waals surface area contributed by atoms with Gasteiger partial charge in [0.25, 0.3) is 0 Å². The van der Waals surface area contributed by atoms with Crippen LogP contribution in [0.1, 0.15) is 37.8 Å². The molecule has 1 aromatic carbocycles. The highest BCUT2D eigenvalue weighted by atomic mass is 32.1. The standard InChI is InChI=1S/C17H21FN2OS/c18-15-6-2-1-5-14(15)16-20-13(12-22-16)11-19-17(9-10-21)7-3-4-8-17/h1-2,5-6,12,19,21H,3-4,7-11H2. The molecule has 3 rings (SSSR count). The van der Waals surface area contributed by atoms with E-state index in [1.54, 1.807) is 12.1 Å². The summed E-state index contributed by atoms with van der Waals surface area (Å²) in [5.41, 5.74) is 1.55. The van der Waals surface area contributed by atoms with E-state index in [1.807, 2.05) is 11.4 Å². The molecule has 5 heteroatoms. The van der Waals surface area contributed by atoms with E-state index in [0.717, 1.165) is 30.0 Å². The lowest BCUT2D eigenvalue weighted by Gasteiger charge is -2.29. The number of aliphatic hydroxyl groups is 1. The quantitative estimate of drug-likeness (QED) is 0.852. The lowest BCUT2D eigenvalue weighted by molar-refractivity contribution is 0.209. The van der Waals surface area contributed by atoms with E-state index in [-0.39, 0.29) is 18.0 Å². The first-order valence-electron chi connectivity index (χ1n) is 7.78. The van der Waals surface area contributed by atoms with Crippen molar-refractivity contribution in [3.05, 3.63) is 41.2 Å². The molecule has 1 heterocycles. The highest BCUT2D eigenvalue weighted by Gasteiger charge is 2.32. The summed E-state index contributed by atoms with van der Waals surface area (Å²) in [6.45, 7) is 0.884. The van der Waals surface area contributed by atoms with Gasteiger partial charge in [-0.2, -0.15) is 0 Å². The Morgan fingerprint density at radius 3 is 2.77 bits per heavy atom. The SMILES string of the molecule is OCCC1(NCc2csc(-c3ccccc3F)n2)CCCC1. The van der Waals surface area contributed by atoms with E-state index < -0.39 is 0 Å². The molecule has 0 radical (unpaired) electrons. The molecule has 0 aliphatic heterocycles. The van der Waals surface area contributed by atoms with Gasteiger partial charge in [0.2, 0.25) is 0 Å². The number of rotatable bonds is 6. The molecule has 2 N–H and O–H groups in total. The lowest BCUT2D eigenvalue weighted by Crippen LogP contribution is -2.43. The summed E-state index contributed by atoms with van der Waals surface area (Å²) >= 11 is 1.47. The number of aromatic nitrogens is 1. The molecular formula is C17H21FN2OS. The van der Waals surface area contributed by atoms with Crippen molar-refractivity contribution in [2.45, 2.75) is 44.2 Å². The zero-order valence-electron chi connectivity index (χ0n) is 12.5. The van der Waals surface area contributed by atoms with Crippen LogP contribution in [0.2, 0.25) is 0 Å². The molecule has 1 saturated carbocycles. The van der Waals surface area contributed by atoms with Crippen molar-refractivity contribution in [2.24, 2.45) is 0 Å². The summed E-state index contributed by atoms with van der Waals surface area (Å²) in [6, 6.07) is 6.74. The fourth-order valence-corrected chi connectivity index (χ4v) is 4.05. The molecule has 0 saturated heterocycles. The van der Waals surface area contributed by atoms with Crippen LogP contribution in [0.3, 0.4) is 0 Å². The number of aliphatic hydroxyl groups excluding tert-OH is 1. The Morgan fingerprint density at radius 2 is 2.05 bits per heavy atom. The molecule has 1 aromatic heterocycles. The van der Waals surface area contributed by atoms with E-state index in [1.165, 1.54) is 30.2 Å². The second-order valence-corrected chi connectivity index (χ2v) is 6.80. The molecule has 3 nitrogen and oxygen atoms in total. The van der Waals surface area contributed by atoms with E-state index in [4.69, 9.17) is 0 Å². The number of benzene rings is 1. The molecular weight excluding hydrogens is 299 g/mol. The molecule has 0 atom stereocenters. The van der Waals surface area contributed by atoms with E-state index in [2.05, 4.69) is 10.3 Å². The van der Waals surface area contributed by atoms with Crippen LogP contribution in [0.4, 0.5) is 4.39 Å². The van der Waals surface area contributed by atoms with E-state index in [0.29, 0.717) is 12.1 Å². The Bertz CT molecular complexity index is 623. The van der Waals surface area contributed by atoms with Gasteiger partial charge in [0.1, 0.15) is 10.8 Å². The minimum absolute atomic E-state index is 0.0521. The van der Waals surface area contributed by atoms with Gasteiger partial charge < -0.3 is 10.4 Å². The highest BCUT2D eigenvalue weighted by molar-refractivity contribution is 7.13. The molecule has 0 amide bonds. The number of hydrogen-bond acceptors (Lipinski definition) is 4. The van der Waals surface area contributed by atoms with Crippen molar-refractivity contribution < 1.29 is 9.50 Å². The average molecular weight is 320 g/mol. The monoisotopic (exact) mass is 320 g/mol. The van der Waals surface area contributed by atoms with Crippen LogP contribution >= 0.6 is 11.3 Å². The molecule has 118 valence electrons. The van der Waals surface area contributed by atoms with Crippen LogP contribution in [-0.4, -0.2) is 22.2 Å². The van der Waals surface area contributed by atoms with Crippen molar-refractivity contribution in [1.29, 1.82) is 0 Å². The smallest absolute Gasteiger partial charge is 0.133 e. The molecule has 2 aromatic rings. The van der Waals surface area contributed by atoms with Crippen LogP contribution in [0.15, 0.2) is 29.6 Å². The summed E-state index contributed by atoms with van der Waals surface area (Å²) in [4.78, 5) is 4.55. The van der Waals surface area contributed by atoms with Gasteiger partial charge in [-0.25, -0.2) is 9.37 Å². The van der Waals surface area contributed by atoms with Gasteiger partial charge in [0.15, 0.2) is 0 Å². The zero-order valence-corrected chi connectivity index (χ0v) is 13.3. The van der Waals surface area contributed by atoms with Crippen LogP contribution in [0.25, 0.3) is 10.6 Å². The number of thiazole rings is 1. The van der Waals surface area contributed by atoms with E-state index in [9.17, 15) is 9.50 Å². The first-order valence-corrected chi connectivity index (χ1v) is 8.66. The van der Waals surface area contributed by atoms with Crippen molar-refractivity contribution in [3.63, 3.8) is 0 Å². The number of halogens is 1. The number of hydrogen-bond donors (Lipinski definition) is 2. The van der Waals surface area contributed by atoms with Crippen molar-refractivity contribution in [3.8, 4) is 10.6 Å². The van der Waals surface area contributed by atoms with Crippen molar-refractivity contribution in [1.82, 2.24) is 10.3 Å². The van der Waals surface area contributed by atoms with Gasteiger partial charge in [-0.15, -0.1) is 11.3 Å². The highest BCUT2D eigenvalue weighted by Crippen LogP contribution is 2.33. The van der Waals surface area contributed by atoms with Gasteiger partial charge >= 0.3 is 0 Å². The molecule has 0 spiro atoms. The Hall–Kier alpha value is -1.30. The molecule has 0 bridgehead atoms. The molecule has 1 fully saturated rings. The van der Waals surface area contributed by atoms with Gasteiger partial charge in [0, 0.05) is 29.6 Å². The summed E-state index contributed by atoms with van der Waals surface area (Å²) in [5, 5.41) is 15.6. The minimum atomic E-state index is -0.232. The normalized spacial score (nSPS) is 17.0. The summed E-state index contributed by atoms with van der Waals surface area (Å²) in [6.07, 6.45) is 5.43. The Balaban J connectivity index is 1.68. The zero-order chi connectivity index (χ0) is 15.4. The third-order valence-corrected chi connectivity index (χ3v) is 5.38. The van der Waals surface area contributed by atoms with Gasteiger partial charge in [-0.05, 0) is 31.4 Å². The first kappa shape index (κ1) is 15.6. The van der Waals surface area contributed by atoms with E-state index >= 15 is 0 Å². The Kier molecular flexibility index (Phi) is 4.86. The summed E-state index contributed by atoms with van der Waals surface area (Å²) in [7, 11) is 0. The van der Waals surface area contributed by atoms with Gasteiger partial charge in [0.05, 0.1) is 5.69 Å². The van der Waals surface area contributed by atoms with Gasteiger partial charge in [-0.3, -0.25) is 0 Å². The topological polar surface area (TPSA) is 45.1 Å². The van der Waals surface area contributed by atoms with Gasteiger partial charge in [-0.1, -0.05) is 25.0 Å². The predicted molar refractivity (Wildman–Crippen MR) is 87.2 cm³/mol. The maximum Gasteiger partial charge on any atom is 0.133 e. The third kappa shape index (κ3) is 3.37. The number of nitrogens with one attached hydrogen (secondary N) is 1. The molecule has 0 unspecified atom stereocenters. The van der Waals surface area contributed by atoms with Crippen LogP contribution in [0, 0.1) is 5.82 Å². The second kappa shape index (κ2) is 6.86. The average Bonchev–Trinajstić information content (AvgIpc) is 3.16. The summed E-state index contributed by atoms with van der Waals surface area (Å²) < 4.78 is 13.8. The number of nitrogens with zero attached hydrogens (tertiary/aromatic N) is 1. The molecule has 1 aliphatic carbocycles. The predicted octanol–water partition coefficient (Wildman–Crippen LogP) is 3.73. The fourth-order valence-electron chi connectivity index (χ4n) is 3.21. The lowest BCUT2D eigenvalue weighted by atomic mass is 9.93. The first-order chi connectivity index (χ1) is 10.7. The van der Waals surface area contributed by atoms with Crippen LogP contribution in [-0.2, 0) is 6.54 Å². The maximum atomic E-state index is 13.8. The summed E-state index contributed by atoms with van der Waals surface area (Å²) in [5.74, 6) is -0.232. The van der Waals surface area contributed by atoms with Crippen molar-refractivity contribution in [2.75, 3.05) is 6.61 Å². The molecule has 1 aliphatic rings.